The SMILES string of the molecule is COC(COC(=O)C(C)(C)C)N1C(=O)CN=C(c2ccccc2)c2cc(Cl)ccc21. The van der Waals surface area contributed by atoms with Crippen LogP contribution in [-0.2, 0) is 19.1 Å². The van der Waals surface area contributed by atoms with Crippen molar-refractivity contribution in [3.63, 3.8) is 0 Å². The molecule has 2 aromatic carbocycles. The van der Waals surface area contributed by atoms with E-state index in [2.05, 4.69) is 4.99 Å². The fraction of sp³-hybridized carbons (Fsp3) is 0.348. The summed E-state index contributed by atoms with van der Waals surface area (Å²) < 4.78 is 11.0. The average molecular weight is 429 g/mol. The molecule has 1 aliphatic heterocycles. The van der Waals surface area contributed by atoms with Crippen LogP contribution in [0.3, 0.4) is 0 Å². The van der Waals surface area contributed by atoms with Crippen LogP contribution in [-0.4, -0.2) is 44.1 Å². The number of rotatable bonds is 5. The lowest BCUT2D eigenvalue weighted by Crippen LogP contribution is -2.46. The largest absolute Gasteiger partial charge is 0.460 e. The predicted molar refractivity (Wildman–Crippen MR) is 117 cm³/mol. The molecule has 158 valence electrons. The molecule has 0 saturated carbocycles. The van der Waals surface area contributed by atoms with Crippen LogP contribution in [0.25, 0.3) is 0 Å². The van der Waals surface area contributed by atoms with E-state index in [-0.39, 0.29) is 25.0 Å². The number of carbonyl (C=O) groups excluding carboxylic acids is 2. The number of aliphatic imine (C=N–C) groups is 1. The number of methoxy groups -OCH3 is 1. The van der Waals surface area contributed by atoms with Crippen molar-refractivity contribution in [1.82, 2.24) is 0 Å². The average Bonchev–Trinajstić information content (AvgIpc) is 2.85. The van der Waals surface area contributed by atoms with Gasteiger partial charge in [0.2, 0.25) is 0 Å². The van der Waals surface area contributed by atoms with E-state index in [4.69, 9.17) is 21.1 Å². The summed E-state index contributed by atoms with van der Waals surface area (Å²) >= 11 is 6.27. The molecule has 6 nitrogen and oxygen atoms in total. The molecule has 1 atom stereocenters. The van der Waals surface area contributed by atoms with E-state index in [0.717, 1.165) is 5.56 Å². The molecule has 2 aromatic rings. The first-order chi connectivity index (χ1) is 14.2. The summed E-state index contributed by atoms with van der Waals surface area (Å²) in [5, 5.41) is 0.528. The van der Waals surface area contributed by atoms with Crippen LogP contribution >= 0.6 is 11.6 Å². The van der Waals surface area contributed by atoms with Gasteiger partial charge in [0, 0.05) is 23.3 Å². The molecule has 7 heteroatoms. The van der Waals surface area contributed by atoms with Gasteiger partial charge in [-0.15, -0.1) is 0 Å². The quantitative estimate of drug-likeness (QED) is 0.673. The highest BCUT2D eigenvalue weighted by molar-refractivity contribution is 6.32. The van der Waals surface area contributed by atoms with Crippen LogP contribution in [0.2, 0.25) is 5.02 Å². The highest BCUT2D eigenvalue weighted by Crippen LogP contribution is 2.31. The van der Waals surface area contributed by atoms with Gasteiger partial charge < -0.3 is 9.47 Å². The summed E-state index contributed by atoms with van der Waals surface area (Å²) in [6.07, 6.45) is -0.797. The number of amides is 1. The van der Waals surface area contributed by atoms with E-state index in [1.54, 1.807) is 39.0 Å². The summed E-state index contributed by atoms with van der Waals surface area (Å²) in [5.41, 5.74) is 2.21. The molecule has 0 fully saturated rings. The van der Waals surface area contributed by atoms with Crippen molar-refractivity contribution in [2.75, 3.05) is 25.2 Å². The Morgan fingerprint density at radius 1 is 1.20 bits per heavy atom. The number of benzene rings is 2. The third-order valence-electron chi connectivity index (χ3n) is 4.69. The van der Waals surface area contributed by atoms with Crippen molar-refractivity contribution in [2.45, 2.75) is 27.0 Å². The second-order valence-electron chi connectivity index (χ2n) is 7.99. The molecule has 0 aliphatic carbocycles. The molecule has 1 unspecified atom stereocenters. The van der Waals surface area contributed by atoms with Crippen molar-refractivity contribution < 1.29 is 19.1 Å². The third kappa shape index (κ3) is 4.71. The molecule has 30 heavy (non-hydrogen) atoms. The summed E-state index contributed by atoms with van der Waals surface area (Å²) in [4.78, 5) is 31.3. The lowest BCUT2D eigenvalue weighted by molar-refractivity contribution is -0.157. The summed E-state index contributed by atoms with van der Waals surface area (Å²) in [7, 11) is 1.47. The maximum atomic E-state index is 13.0. The van der Waals surface area contributed by atoms with E-state index < -0.39 is 11.6 Å². The Morgan fingerprint density at radius 3 is 2.53 bits per heavy atom. The number of esters is 1. The van der Waals surface area contributed by atoms with Gasteiger partial charge in [0.05, 0.1) is 16.8 Å². The van der Waals surface area contributed by atoms with E-state index in [1.165, 1.54) is 12.0 Å². The summed E-state index contributed by atoms with van der Waals surface area (Å²) in [6, 6.07) is 14.9. The monoisotopic (exact) mass is 428 g/mol. The molecule has 1 aliphatic rings. The highest BCUT2D eigenvalue weighted by Gasteiger charge is 2.33. The molecule has 1 heterocycles. The molecule has 1 amide bonds. The lowest BCUT2D eigenvalue weighted by Gasteiger charge is -2.31. The highest BCUT2D eigenvalue weighted by atomic mass is 35.5. The van der Waals surface area contributed by atoms with Gasteiger partial charge in [0.1, 0.15) is 13.2 Å². The Morgan fingerprint density at radius 2 is 1.90 bits per heavy atom. The zero-order valence-electron chi connectivity index (χ0n) is 17.5. The molecule has 0 bridgehead atoms. The minimum absolute atomic E-state index is 0.0659. The Bertz CT molecular complexity index is 967. The van der Waals surface area contributed by atoms with Crippen molar-refractivity contribution in [2.24, 2.45) is 10.4 Å². The minimum atomic E-state index is -0.797. The summed E-state index contributed by atoms with van der Waals surface area (Å²) in [6.45, 7) is 5.15. The fourth-order valence-electron chi connectivity index (χ4n) is 3.12. The normalized spacial score (nSPS) is 15.2. The second kappa shape index (κ2) is 8.98. The van der Waals surface area contributed by atoms with E-state index in [9.17, 15) is 9.59 Å². The van der Waals surface area contributed by atoms with Crippen molar-refractivity contribution in [3.05, 3.63) is 64.7 Å². The molecule has 0 N–H and O–H groups in total. The second-order valence-corrected chi connectivity index (χ2v) is 8.43. The maximum absolute atomic E-state index is 13.0. The molecular formula is C23H25ClN2O4. The number of nitrogens with zero attached hydrogens (tertiary/aromatic N) is 2. The Kier molecular flexibility index (Phi) is 6.58. The van der Waals surface area contributed by atoms with Crippen LogP contribution < -0.4 is 4.90 Å². The number of anilines is 1. The Labute approximate surface area is 181 Å². The van der Waals surface area contributed by atoms with Crippen molar-refractivity contribution >= 4 is 34.9 Å². The molecule has 0 aromatic heterocycles. The molecular weight excluding hydrogens is 404 g/mol. The zero-order valence-corrected chi connectivity index (χ0v) is 18.3. The number of halogens is 1. The Balaban J connectivity index is 2.01. The van der Waals surface area contributed by atoms with Gasteiger partial charge in [0.15, 0.2) is 6.23 Å². The minimum Gasteiger partial charge on any atom is -0.460 e. The first kappa shape index (κ1) is 22.0. The predicted octanol–water partition coefficient (Wildman–Crippen LogP) is 4.09. The van der Waals surface area contributed by atoms with Crippen LogP contribution in [0.15, 0.2) is 53.5 Å². The van der Waals surface area contributed by atoms with Gasteiger partial charge in [-0.3, -0.25) is 19.5 Å². The number of hydrogen-bond donors (Lipinski definition) is 0. The third-order valence-corrected chi connectivity index (χ3v) is 4.93. The number of carbonyl (C=O) groups is 2. The van der Waals surface area contributed by atoms with Gasteiger partial charge >= 0.3 is 5.97 Å². The number of benzodiazepines with no additional fused rings is 1. The molecule has 0 spiro atoms. The topological polar surface area (TPSA) is 68.2 Å². The van der Waals surface area contributed by atoms with Gasteiger partial charge in [-0.25, -0.2) is 0 Å². The standard InChI is InChI=1S/C23H25ClN2O4/c1-23(2,3)22(28)30-14-20(29-4)26-18-11-10-16(24)12-17(18)21(25-13-19(26)27)15-8-6-5-7-9-15/h5-12,20H,13-14H2,1-4H3. The summed E-state index contributed by atoms with van der Waals surface area (Å²) in [5.74, 6) is -0.632. The van der Waals surface area contributed by atoms with Crippen molar-refractivity contribution in [3.8, 4) is 0 Å². The number of hydrogen-bond acceptors (Lipinski definition) is 5. The van der Waals surface area contributed by atoms with E-state index in [0.29, 0.717) is 22.0 Å². The molecule has 0 radical (unpaired) electrons. The number of fused-ring (bicyclic) bond motifs is 1. The van der Waals surface area contributed by atoms with Crippen molar-refractivity contribution in [1.29, 1.82) is 0 Å². The lowest BCUT2D eigenvalue weighted by atomic mass is 9.97. The Hall–Kier alpha value is -2.70. The first-order valence-electron chi connectivity index (χ1n) is 9.64. The van der Waals surface area contributed by atoms with Crippen LogP contribution in [0.1, 0.15) is 31.9 Å². The van der Waals surface area contributed by atoms with Gasteiger partial charge in [-0.05, 0) is 39.0 Å². The van der Waals surface area contributed by atoms with Gasteiger partial charge in [-0.1, -0.05) is 41.9 Å². The van der Waals surface area contributed by atoms with E-state index in [1.807, 2.05) is 30.3 Å². The molecule has 3 rings (SSSR count). The van der Waals surface area contributed by atoms with Crippen LogP contribution in [0.4, 0.5) is 5.69 Å². The smallest absolute Gasteiger partial charge is 0.311 e. The van der Waals surface area contributed by atoms with Gasteiger partial charge in [-0.2, -0.15) is 0 Å². The first-order valence-corrected chi connectivity index (χ1v) is 10.0. The fourth-order valence-corrected chi connectivity index (χ4v) is 3.29. The van der Waals surface area contributed by atoms with Crippen LogP contribution in [0, 0.1) is 5.41 Å². The van der Waals surface area contributed by atoms with E-state index >= 15 is 0 Å². The van der Waals surface area contributed by atoms with Crippen LogP contribution in [0.5, 0.6) is 0 Å². The molecule has 0 saturated heterocycles. The zero-order chi connectivity index (χ0) is 21.9. The number of ether oxygens (including phenoxy) is 2. The maximum Gasteiger partial charge on any atom is 0.311 e. The van der Waals surface area contributed by atoms with Gasteiger partial charge in [0.25, 0.3) is 5.91 Å².